The molecule has 2 aromatic rings. The summed E-state index contributed by atoms with van der Waals surface area (Å²) < 4.78 is 5.73. The number of carbonyl (C=O) groups excluding carboxylic acids is 1. The fraction of sp³-hybridized carbons (Fsp3) is 0.524. The van der Waals surface area contributed by atoms with Gasteiger partial charge < -0.3 is 9.32 Å². The summed E-state index contributed by atoms with van der Waals surface area (Å²) in [6.45, 7) is 5.72. The van der Waals surface area contributed by atoms with Gasteiger partial charge in [-0.1, -0.05) is 6.07 Å². The minimum Gasteiger partial charge on any atom is -0.465 e. The van der Waals surface area contributed by atoms with Gasteiger partial charge in [0.25, 0.3) is 0 Å². The average Bonchev–Trinajstić information content (AvgIpc) is 3.06. The molecule has 4 heterocycles. The Morgan fingerprint density at radius 3 is 2.92 bits per heavy atom. The number of likely N-dealkylation sites (tertiary alicyclic amines) is 2. The van der Waals surface area contributed by atoms with Gasteiger partial charge in [0.15, 0.2) is 0 Å². The third-order valence-corrected chi connectivity index (χ3v) is 5.74. The average molecular weight is 353 g/mol. The van der Waals surface area contributed by atoms with Crippen molar-refractivity contribution in [1.82, 2.24) is 14.8 Å². The van der Waals surface area contributed by atoms with E-state index in [1.807, 2.05) is 37.4 Å². The van der Waals surface area contributed by atoms with Crippen LogP contribution in [0.25, 0.3) is 0 Å². The van der Waals surface area contributed by atoms with E-state index in [1.54, 1.807) is 0 Å². The van der Waals surface area contributed by atoms with E-state index in [2.05, 4.69) is 20.9 Å². The Bertz CT molecular complexity index is 743. The molecule has 2 fully saturated rings. The Morgan fingerprint density at radius 1 is 1.23 bits per heavy atom. The zero-order valence-electron chi connectivity index (χ0n) is 15.4. The van der Waals surface area contributed by atoms with Gasteiger partial charge in [-0.2, -0.15) is 0 Å². The largest absolute Gasteiger partial charge is 0.465 e. The van der Waals surface area contributed by atoms with E-state index in [-0.39, 0.29) is 0 Å². The van der Waals surface area contributed by atoms with Crippen LogP contribution in [0, 0.1) is 12.8 Å². The summed E-state index contributed by atoms with van der Waals surface area (Å²) in [5.74, 6) is 2.90. The number of nitrogens with zero attached hydrogens (tertiary/aromatic N) is 3. The van der Waals surface area contributed by atoms with E-state index < -0.39 is 0 Å². The topological polar surface area (TPSA) is 49.6 Å². The number of pyridine rings is 1. The van der Waals surface area contributed by atoms with Gasteiger partial charge in [0, 0.05) is 50.4 Å². The normalized spacial score (nSPS) is 23.9. The molecule has 2 atom stereocenters. The highest BCUT2D eigenvalue weighted by atomic mass is 16.3. The predicted octanol–water partition coefficient (Wildman–Crippen LogP) is 3.04. The number of fused-ring (bicyclic) bond motifs is 1. The molecule has 0 spiro atoms. The summed E-state index contributed by atoms with van der Waals surface area (Å²) in [5, 5.41) is 0. The summed E-state index contributed by atoms with van der Waals surface area (Å²) in [6.07, 6.45) is 5.41. The second-order valence-electron chi connectivity index (χ2n) is 7.56. The first-order chi connectivity index (χ1) is 12.7. The molecular formula is C21H27N3O2. The molecule has 5 nitrogen and oxygen atoms in total. The summed E-state index contributed by atoms with van der Waals surface area (Å²) >= 11 is 0. The standard InChI is InChI=1S/C21H27N3O2/c1-16-5-7-19(26-16)15-23-12-10-20-17(14-23)6-8-21(25)24(20)13-9-18-4-2-3-11-22-18/h2-5,7,11,17,20H,6,8-10,12-15H2,1H3/t17-,20+/m0/s1. The Hall–Kier alpha value is -2.14. The summed E-state index contributed by atoms with van der Waals surface area (Å²) in [6, 6.07) is 10.5. The Kier molecular flexibility index (Phi) is 5.07. The molecule has 0 radical (unpaired) electrons. The number of piperidine rings is 2. The van der Waals surface area contributed by atoms with Crippen LogP contribution in [0.15, 0.2) is 40.9 Å². The lowest BCUT2D eigenvalue weighted by atomic mass is 9.83. The van der Waals surface area contributed by atoms with Gasteiger partial charge in [0.05, 0.1) is 6.54 Å². The van der Waals surface area contributed by atoms with E-state index in [0.717, 1.165) is 62.7 Å². The molecule has 0 bridgehead atoms. The van der Waals surface area contributed by atoms with E-state index >= 15 is 0 Å². The minimum atomic E-state index is 0.317. The molecule has 2 saturated heterocycles. The van der Waals surface area contributed by atoms with Crippen molar-refractivity contribution in [2.24, 2.45) is 5.92 Å². The highest BCUT2D eigenvalue weighted by Crippen LogP contribution is 2.32. The number of hydrogen-bond acceptors (Lipinski definition) is 4. The molecule has 0 saturated carbocycles. The smallest absolute Gasteiger partial charge is 0.222 e. The van der Waals surface area contributed by atoms with Crippen molar-refractivity contribution >= 4 is 5.91 Å². The van der Waals surface area contributed by atoms with Crippen molar-refractivity contribution in [2.75, 3.05) is 19.6 Å². The maximum Gasteiger partial charge on any atom is 0.222 e. The maximum absolute atomic E-state index is 12.5. The number of hydrogen-bond donors (Lipinski definition) is 0. The van der Waals surface area contributed by atoms with Crippen molar-refractivity contribution in [3.05, 3.63) is 53.7 Å². The molecule has 1 amide bonds. The van der Waals surface area contributed by atoms with Crippen LogP contribution >= 0.6 is 0 Å². The predicted molar refractivity (Wildman–Crippen MR) is 99.5 cm³/mol. The zero-order valence-corrected chi connectivity index (χ0v) is 15.4. The molecule has 0 aromatic carbocycles. The highest BCUT2D eigenvalue weighted by Gasteiger charge is 2.39. The van der Waals surface area contributed by atoms with Crippen LogP contribution in [0.2, 0.25) is 0 Å². The van der Waals surface area contributed by atoms with Crippen LogP contribution in [-0.4, -0.2) is 46.4 Å². The van der Waals surface area contributed by atoms with Gasteiger partial charge >= 0.3 is 0 Å². The van der Waals surface area contributed by atoms with Crippen LogP contribution in [0.4, 0.5) is 0 Å². The molecule has 4 rings (SSSR count). The molecule has 2 aliphatic rings. The van der Waals surface area contributed by atoms with Gasteiger partial charge in [-0.05, 0) is 49.9 Å². The summed E-state index contributed by atoms with van der Waals surface area (Å²) in [4.78, 5) is 21.5. The van der Waals surface area contributed by atoms with Gasteiger partial charge in [0.2, 0.25) is 5.91 Å². The van der Waals surface area contributed by atoms with Gasteiger partial charge in [-0.15, -0.1) is 0 Å². The number of amides is 1. The number of furan rings is 1. The minimum absolute atomic E-state index is 0.317. The van der Waals surface area contributed by atoms with Crippen LogP contribution < -0.4 is 0 Å². The lowest BCUT2D eigenvalue weighted by Gasteiger charge is -2.47. The highest BCUT2D eigenvalue weighted by molar-refractivity contribution is 5.77. The third kappa shape index (κ3) is 3.83. The van der Waals surface area contributed by atoms with Gasteiger partial charge in [0.1, 0.15) is 11.5 Å². The van der Waals surface area contributed by atoms with E-state index in [0.29, 0.717) is 24.3 Å². The van der Waals surface area contributed by atoms with Crippen LogP contribution in [0.3, 0.4) is 0 Å². The SMILES string of the molecule is Cc1ccc(CN2CC[C@@H]3[C@@H](CCC(=O)N3CCc3ccccn3)C2)o1. The van der Waals surface area contributed by atoms with Crippen molar-refractivity contribution < 1.29 is 9.21 Å². The molecule has 26 heavy (non-hydrogen) atoms. The Morgan fingerprint density at radius 2 is 2.15 bits per heavy atom. The monoisotopic (exact) mass is 353 g/mol. The number of aryl methyl sites for hydroxylation is 1. The molecular weight excluding hydrogens is 326 g/mol. The van der Waals surface area contributed by atoms with Gasteiger partial charge in [-0.25, -0.2) is 0 Å². The lowest BCUT2D eigenvalue weighted by molar-refractivity contribution is -0.141. The fourth-order valence-corrected chi connectivity index (χ4v) is 4.43. The van der Waals surface area contributed by atoms with Crippen LogP contribution in [0.1, 0.15) is 36.5 Å². The van der Waals surface area contributed by atoms with Gasteiger partial charge in [-0.3, -0.25) is 14.7 Å². The van der Waals surface area contributed by atoms with Crippen molar-refractivity contribution in [3.8, 4) is 0 Å². The third-order valence-electron chi connectivity index (χ3n) is 5.74. The second kappa shape index (κ2) is 7.62. The number of carbonyl (C=O) groups is 1. The van der Waals surface area contributed by atoms with E-state index in [1.165, 1.54) is 0 Å². The van der Waals surface area contributed by atoms with Crippen molar-refractivity contribution in [2.45, 2.75) is 45.2 Å². The van der Waals surface area contributed by atoms with Crippen LogP contribution in [0.5, 0.6) is 0 Å². The van der Waals surface area contributed by atoms with Crippen LogP contribution in [-0.2, 0) is 17.8 Å². The van der Waals surface area contributed by atoms with Crippen molar-refractivity contribution in [3.63, 3.8) is 0 Å². The quantitative estimate of drug-likeness (QED) is 0.829. The first kappa shape index (κ1) is 17.3. The van der Waals surface area contributed by atoms with E-state index in [4.69, 9.17) is 4.42 Å². The van der Waals surface area contributed by atoms with E-state index in [9.17, 15) is 4.79 Å². The lowest BCUT2D eigenvalue weighted by Crippen LogP contribution is -2.56. The molecule has 0 unspecified atom stereocenters. The molecule has 5 heteroatoms. The fourth-order valence-electron chi connectivity index (χ4n) is 4.43. The molecule has 2 aromatic heterocycles. The molecule has 138 valence electrons. The first-order valence-corrected chi connectivity index (χ1v) is 9.66. The summed E-state index contributed by atoms with van der Waals surface area (Å²) in [5.41, 5.74) is 1.06. The number of aromatic nitrogens is 1. The second-order valence-corrected chi connectivity index (χ2v) is 7.56. The number of rotatable bonds is 5. The zero-order chi connectivity index (χ0) is 17.9. The molecule has 2 aliphatic heterocycles. The Balaban J connectivity index is 1.37. The first-order valence-electron chi connectivity index (χ1n) is 9.66. The van der Waals surface area contributed by atoms with Crippen molar-refractivity contribution in [1.29, 1.82) is 0 Å². The molecule has 0 aliphatic carbocycles. The maximum atomic E-state index is 12.5. The summed E-state index contributed by atoms with van der Waals surface area (Å²) in [7, 11) is 0. The Labute approximate surface area is 155 Å². The molecule has 0 N–H and O–H groups in total.